The van der Waals surface area contributed by atoms with Crippen LogP contribution in [-0.4, -0.2) is 91.1 Å². The summed E-state index contributed by atoms with van der Waals surface area (Å²) in [4.78, 5) is 57.9. The molecule has 10 nitrogen and oxygen atoms in total. The summed E-state index contributed by atoms with van der Waals surface area (Å²) in [5.41, 5.74) is 0.629. The third-order valence-corrected chi connectivity index (χ3v) is 9.24. The third kappa shape index (κ3) is 5.29. The summed E-state index contributed by atoms with van der Waals surface area (Å²) in [6, 6.07) is 2.47. The number of nitrogens with one attached hydrogen (secondary N) is 1. The summed E-state index contributed by atoms with van der Waals surface area (Å²) in [7, 11) is 0. The molecule has 1 atom stereocenters. The molecule has 1 aliphatic carbocycles. The van der Waals surface area contributed by atoms with Gasteiger partial charge in [0, 0.05) is 58.3 Å². The number of halogens is 1. The molecule has 11 heteroatoms. The van der Waals surface area contributed by atoms with Crippen LogP contribution in [0.1, 0.15) is 64.9 Å². The molecule has 3 saturated heterocycles. The normalized spacial score (nSPS) is 25.0. The summed E-state index contributed by atoms with van der Waals surface area (Å²) in [5.74, 6) is -0.868. The van der Waals surface area contributed by atoms with E-state index in [2.05, 4.69) is 15.1 Å². The van der Waals surface area contributed by atoms with Crippen LogP contribution in [0.4, 0.5) is 20.6 Å². The van der Waals surface area contributed by atoms with E-state index in [9.17, 15) is 19.2 Å². The molecule has 222 valence electrons. The molecule has 1 aromatic carbocycles. The van der Waals surface area contributed by atoms with Crippen LogP contribution in [-0.2, 0) is 24.5 Å². The summed E-state index contributed by atoms with van der Waals surface area (Å²) in [6.45, 7) is 11.0. The molecular weight excluding hydrogens is 529 g/mol. The van der Waals surface area contributed by atoms with Crippen LogP contribution in [0.5, 0.6) is 0 Å². The molecule has 4 amide bonds. The molecule has 4 fully saturated rings. The first-order chi connectivity index (χ1) is 19.4. The fourth-order valence-corrected chi connectivity index (χ4v) is 6.84. The molecule has 1 N–H and O–H groups in total. The smallest absolute Gasteiger partial charge is 0.410 e. The molecule has 1 spiro atoms. The van der Waals surface area contributed by atoms with Gasteiger partial charge in [0.1, 0.15) is 17.5 Å². The minimum Gasteiger partial charge on any atom is -0.444 e. The van der Waals surface area contributed by atoms with Crippen molar-refractivity contribution in [3.8, 4) is 0 Å². The second-order valence-electron chi connectivity index (χ2n) is 13.2. The zero-order chi connectivity index (χ0) is 29.1. The number of hydrogen-bond donors (Lipinski definition) is 1. The lowest BCUT2D eigenvalue weighted by atomic mass is 9.96. The SMILES string of the molecule is CC(C)(C)OC(=O)N1CCC(CN2CCN(c3cc4c(cc3F)N(C3CCC(=O)NC3=O)C(=O)C43CC3)CC2)CC1. The number of rotatable bonds is 4. The summed E-state index contributed by atoms with van der Waals surface area (Å²) < 4.78 is 21.1. The van der Waals surface area contributed by atoms with Crippen molar-refractivity contribution in [1.82, 2.24) is 15.1 Å². The van der Waals surface area contributed by atoms with Gasteiger partial charge in [0.25, 0.3) is 0 Å². The van der Waals surface area contributed by atoms with Gasteiger partial charge in [-0.05, 0) is 70.4 Å². The maximum Gasteiger partial charge on any atom is 0.410 e. The number of imide groups is 1. The maximum absolute atomic E-state index is 15.6. The number of benzene rings is 1. The van der Waals surface area contributed by atoms with Crippen molar-refractivity contribution >= 4 is 35.2 Å². The third-order valence-electron chi connectivity index (χ3n) is 9.24. The Hall–Kier alpha value is -3.21. The number of fused-ring (bicyclic) bond motifs is 2. The number of likely N-dealkylation sites (tertiary alicyclic amines) is 1. The predicted molar refractivity (Wildman–Crippen MR) is 150 cm³/mol. The van der Waals surface area contributed by atoms with Crippen LogP contribution in [0.25, 0.3) is 0 Å². The van der Waals surface area contributed by atoms with E-state index in [-0.39, 0.29) is 30.7 Å². The first-order valence-corrected chi connectivity index (χ1v) is 14.9. The van der Waals surface area contributed by atoms with E-state index in [0.29, 0.717) is 56.3 Å². The Morgan fingerprint density at radius 1 is 1.00 bits per heavy atom. The molecule has 0 aromatic heterocycles. The Balaban J connectivity index is 1.08. The first-order valence-electron chi connectivity index (χ1n) is 14.9. The Morgan fingerprint density at radius 2 is 1.68 bits per heavy atom. The number of piperazine rings is 1. The summed E-state index contributed by atoms with van der Waals surface area (Å²) >= 11 is 0. The van der Waals surface area contributed by atoms with Crippen LogP contribution in [0.15, 0.2) is 12.1 Å². The number of nitrogens with zero attached hydrogens (tertiary/aromatic N) is 4. The Morgan fingerprint density at radius 3 is 2.29 bits per heavy atom. The molecule has 41 heavy (non-hydrogen) atoms. The average Bonchev–Trinajstić information content (AvgIpc) is 3.68. The number of anilines is 2. The fraction of sp³-hybridized carbons (Fsp3) is 0.667. The predicted octanol–water partition coefficient (Wildman–Crippen LogP) is 2.78. The molecule has 1 saturated carbocycles. The van der Waals surface area contributed by atoms with Crippen LogP contribution >= 0.6 is 0 Å². The van der Waals surface area contributed by atoms with E-state index in [1.54, 1.807) is 4.90 Å². The highest BCUT2D eigenvalue weighted by Gasteiger charge is 2.61. The lowest BCUT2D eigenvalue weighted by Crippen LogP contribution is -2.54. The number of amides is 4. The van der Waals surface area contributed by atoms with Crippen LogP contribution < -0.4 is 15.1 Å². The van der Waals surface area contributed by atoms with E-state index in [0.717, 1.165) is 38.0 Å². The minimum absolute atomic E-state index is 0.152. The Bertz CT molecular complexity index is 1260. The van der Waals surface area contributed by atoms with E-state index in [4.69, 9.17) is 4.74 Å². The van der Waals surface area contributed by atoms with Gasteiger partial charge in [-0.15, -0.1) is 0 Å². The zero-order valence-corrected chi connectivity index (χ0v) is 24.2. The van der Waals surface area contributed by atoms with Crippen molar-refractivity contribution in [2.24, 2.45) is 5.92 Å². The van der Waals surface area contributed by atoms with Crippen LogP contribution in [0.3, 0.4) is 0 Å². The van der Waals surface area contributed by atoms with E-state index in [1.807, 2.05) is 26.8 Å². The zero-order valence-electron chi connectivity index (χ0n) is 24.2. The van der Waals surface area contributed by atoms with Gasteiger partial charge >= 0.3 is 6.09 Å². The van der Waals surface area contributed by atoms with Gasteiger partial charge in [-0.2, -0.15) is 0 Å². The van der Waals surface area contributed by atoms with Gasteiger partial charge in [-0.25, -0.2) is 9.18 Å². The molecule has 4 heterocycles. The van der Waals surface area contributed by atoms with E-state index >= 15 is 4.39 Å². The number of carbonyl (C=O) groups is 4. The van der Waals surface area contributed by atoms with Gasteiger partial charge in [0.2, 0.25) is 17.7 Å². The standard InChI is InChI=1S/C30H40FN5O5/c1-29(2,3)41-28(40)35-10-6-19(7-11-35)18-33-12-14-34(15-13-33)24-16-20-23(17-21(24)31)36(27(39)30(20)8-9-30)22-4-5-25(37)32-26(22)38/h16-17,19,22H,4-15,18H2,1-3H3,(H,32,37,38). The highest BCUT2D eigenvalue weighted by molar-refractivity contribution is 6.15. The Kier molecular flexibility index (Phi) is 6.99. The number of carbonyl (C=O) groups excluding carboxylic acids is 4. The van der Waals surface area contributed by atoms with Gasteiger partial charge in [-0.3, -0.25) is 29.5 Å². The molecule has 5 aliphatic rings. The van der Waals surface area contributed by atoms with Crippen molar-refractivity contribution in [3.05, 3.63) is 23.5 Å². The summed E-state index contributed by atoms with van der Waals surface area (Å²) in [5, 5.41) is 2.33. The van der Waals surface area contributed by atoms with Crippen molar-refractivity contribution in [1.29, 1.82) is 0 Å². The topological polar surface area (TPSA) is 102 Å². The minimum atomic E-state index is -0.788. The van der Waals surface area contributed by atoms with Gasteiger partial charge in [-0.1, -0.05) is 0 Å². The van der Waals surface area contributed by atoms with Crippen molar-refractivity contribution < 1.29 is 28.3 Å². The molecule has 1 aromatic rings. The molecule has 0 bridgehead atoms. The number of piperidine rings is 2. The molecular formula is C30H40FN5O5. The largest absolute Gasteiger partial charge is 0.444 e. The quantitative estimate of drug-likeness (QED) is 0.557. The van der Waals surface area contributed by atoms with Gasteiger partial charge < -0.3 is 14.5 Å². The lowest BCUT2D eigenvalue weighted by Gasteiger charge is -2.40. The molecule has 4 aliphatic heterocycles. The highest BCUT2D eigenvalue weighted by atomic mass is 19.1. The van der Waals surface area contributed by atoms with Crippen LogP contribution in [0.2, 0.25) is 0 Å². The maximum atomic E-state index is 15.6. The second kappa shape index (κ2) is 10.3. The average molecular weight is 570 g/mol. The lowest BCUT2D eigenvalue weighted by molar-refractivity contribution is -0.135. The Labute approximate surface area is 240 Å². The second-order valence-corrected chi connectivity index (χ2v) is 13.2. The highest BCUT2D eigenvalue weighted by Crippen LogP contribution is 2.59. The summed E-state index contributed by atoms with van der Waals surface area (Å²) in [6.07, 6.45) is 3.43. The van der Waals surface area contributed by atoms with Gasteiger partial charge in [0.15, 0.2) is 0 Å². The van der Waals surface area contributed by atoms with E-state index in [1.165, 1.54) is 11.0 Å². The van der Waals surface area contributed by atoms with E-state index < -0.39 is 28.8 Å². The molecule has 0 radical (unpaired) electrons. The molecule has 1 unspecified atom stereocenters. The number of hydrogen-bond acceptors (Lipinski definition) is 7. The van der Waals surface area contributed by atoms with Gasteiger partial charge in [0.05, 0.1) is 16.8 Å². The first kappa shape index (κ1) is 27.9. The van der Waals surface area contributed by atoms with Crippen molar-refractivity contribution in [3.63, 3.8) is 0 Å². The van der Waals surface area contributed by atoms with Crippen LogP contribution in [0, 0.1) is 11.7 Å². The number of ether oxygens (including phenoxy) is 1. The van der Waals surface area contributed by atoms with Crippen molar-refractivity contribution in [2.75, 3.05) is 55.6 Å². The monoisotopic (exact) mass is 569 g/mol. The molecule has 6 rings (SSSR count). The fourth-order valence-electron chi connectivity index (χ4n) is 6.84. The van der Waals surface area contributed by atoms with Crippen molar-refractivity contribution in [2.45, 2.75) is 76.4 Å².